The van der Waals surface area contributed by atoms with Gasteiger partial charge in [0.2, 0.25) is 0 Å². The Morgan fingerprint density at radius 2 is 2.04 bits per heavy atom. The molecule has 1 aliphatic heterocycles. The van der Waals surface area contributed by atoms with Gasteiger partial charge in [0.25, 0.3) is 5.56 Å². The molecule has 0 bridgehead atoms. The van der Waals surface area contributed by atoms with Crippen molar-refractivity contribution in [2.45, 2.75) is 6.04 Å². The molecule has 0 saturated carbocycles. The lowest BCUT2D eigenvalue weighted by molar-refractivity contribution is 0.248. The van der Waals surface area contributed by atoms with Crippen LogP contribution in [0.15, 0.2) is 27.8 Å². The Bertz CT molecular complexity index is 1030. The van der Waals surface area contributed by atoms with E-state index >= 15 is 0 Å². The summed E-state index contributed by atoms with van der Waals surface area (Å²) in [5.41, 5.74) is -0.497. The molecule has 0 radical (unpaired) electrons. The molecule has 10 heteroatoms. The van der Waals surface area contributed by atoms with Crippen LogP contribution >= 0.6 is 0 Å². The predicted molar refractivity (Wildman–Crippen MR) is 90.4 cm³/mol. The fraction of sp³-hybridized carbons (Fsp3) is 0.250. The van der Waals surface area contributed by atoms with Gasteiger partial charge < -0.3 is 14.8 Å². The van der Waals surface area contributed by atoms with Gasteiger partial charge in [0, 0.05) is 7.05 Å². The third-order valence-corrected chi connectivity index (χ3v) is 3.97. The highest BCUT2D eigenvalue weighted by Crippen LogP contribution is 2.34. The number of methoxy groups -OCH3 is 1. The number of H-pyrrole nitrogens is 1. The molecule has 0 spiro atoms. The molecule has 1 atom stereocenters. The van der Waals surface area contributed by atoms with Crippen LogP contribution in [0.4, 0.5) is 10.6 Å². The molecule has 0 saturated heterocycles. The topological polar surface area (TPSA) is 138 Å². The summed E-state index contributed by atoms with van der Waals surface area (Å²) < 4.78 is 11.7. The number of urea groups is 1. The Morgan fingerprint density at radius 1 is 1.27 bits per heavy atom. The molecule has 3 rings (SSSR count). The van der Waals surface area contributed by atoms with Crippen LogP contribution in [-0.4, -0.2) is 29.3 Å². The molecular weight excluding hydrogens is 342 g/mol. The number of amides is 2. The number of fused-ring (bicyclic) bond motifs is 1. The number of carbonyl (C=O) groups is 1. The quantitative estimate of drug-likeness (QED) is 0.715. The molecule has 26 heavy (non-hydrogen) atoms. The molecule has 0 aliphatic carbocycles. The molecule has 134 valence electrons. The second-order valence-corrected chi connectivity index (χ2v) is 5.47. The first-order chi connectivity index (χ1) is 12.5. The Morgan fingerprint density at radius 3 is 2.73 bits per heavy atom. The van der Waals surface area contributed by atoms with E-state index in [1.165, 1.54) is 14.2 Å². The van der Waals surface area contributed by atoms with Crippen LogP contribution in [0.2, 0.25) is 0 Å². The monoisotopic (exact) mass is 357 g/mol. The van der Waals surface area contributed by atoms with Gasteiger partial charge in [-0.05, 0) is 17.7 Å². The maximum atomic E-state index is 12.3. The minimum atomic E-state index is -0.798. The molecule has 1 aliphatic rings. The van der Waals surface area contributed by atoms with Crippen molar-refractivity contribution in [2.75, 3.05) is 19.0 Å². The van der Waals surface area contributed by atoms with Crippen LogP contribution < -0.4 is 31.4 Å². The van der Waals surface area contributed by atoms with Crippen molar-refractivity contribution in [3.63, 3.8) is 0 Å². The number of hydrogen-bond acceptors (Lipinski definition) is 6. The minimum Gasteiger partial charge on any atom is -0.493 e. The van der Waals surface area contributed by atoms with Crippen molar-refractivity contribution in [3.05, 3.63) is 50.2 Å². The first-order valence-corrected chi connectivity index (χ1v) is 7.54. The second-order valence-electron chi connectivity index (χ2n) is 5.47. The molecule has 1 aromatic heterocycles. The molecular formula is C16H15N5O5. The third-order valence-electron chi connectivity index (χ3n) is 3.97. The predicted octanol–water partition coefficient (Wildman–Crippen LogP) is 0.209. The average molecular weight is 357 g/mol. The van der Waals surface area contributed by atoms with Crippen molar-refractivity contribution in [3.8, 4) is 17.6 Å². The van der Waals surface area contributed by atoms with Crippen LogP contribution in [0, 0.1) is 11.3 Å². The summed E-state index contributed by atoms with van der Waals surface area (Å²) in [6.45, 7) is -0.148. The van der Waals surface area contributed by atoms with Crippen molar-refractivity contribution < 1.29 is 14.3 Å². The largest absolute Gasteiger partial charge is 0.493 e. The number of nitriles is 1. The highest BCUT2D eigenvalue weighted by atomic mass is 16.5. The van der Waals surface area contributed by atoms with Crippen molar-refractivity contribution in [1.82, 2.24) is 14.9 Å². The van der Waals surface area contributed by atoms with Crippen molar-refractivity contribution >= 4 is 11.8 Å². The number of nitrogens with one attached hydrogen (secondary N) is 3. The summed E-state index contributed by atoms with van der Waals surface area (Å²) in [4.78, 5) is 38.3. The lowest BCUT2D eigenvalue weighted by atomic mass is 9.98. The first-order valence-electron chi connectivity index (χ1n) is 7.54. The number of benzene rings is 1. The zero-order valence-electron chi connectivity index (χ0n) is 14.0. The van der Waals surface area contributed by atoms with Gasteiger partial charge in [-0.15, -0.1) is 0 Å². The summed E-state index contributed by atoms with van der Waals surface area (Å²) in [5, 5.41) is 13.8. The summed E-state index contributed by atoms with van der Waals surface area (Å²) in [6, 6.07) is 5.33. The first kappa shape index (κ1) is 17.1. The molecule has 0 fully saturated rings. The highest BCUT2D eigenvalue weighted by Gasteiger charge is 2.31. The summed E-state index contributed by atoms with van der Waals surface area (Å²) >= 11 is 0. The fourth-order valence-electron chi connectivity index (χ4n) is 2.75. The van der Waals surface area contributed by atoms with Gasteiger partial charge >= 0.3 is 11.7 Å². The van der Waals surface area contributed by atoms with Crippen LogP contribution in [0.3, 0.4) is 0 Å². The summed E-state index contributed by atoms with van der Waals surface area (Å²) in [5.74, 6) is 0.817. The molecule has 10 nitrogen and oxygen atoms in total. The van der Waals surface area contributed by atoms with Crippen LogP contribution in [0.25, 0.3) is 0 Å². The number of carbonyl (C=O) groups excluding carboxylic acids is 1. The van der Waals surface area contributed by atoms with Gasteiger partial charge in [-0.3, -0.25) is 19.7 Å². The molecule has 1 aromatic carbocycles. The van der Waals surface area contributed by atoms with Gasteiger partial charge in [-0.2, -0.15) is 5.26 Å². The summed E-state index contributed by atoms with van der Waals surface area (Å²) in [6.07, 6.45) is 0. The highest BCUT2D eigenvalue weighted by molar-refractivity contribution is 5.92. The normalized spacial score (nSPS) is 15.3. The van der Waals surface area contributed by atoms with Gasteiger partial charge in [0.15, 0.2) is 18.1 Å². The Hall–Kier alpha value is -3.74. The lowest BCUT2D eigenvalue weighted by Gasteiger charge is -2.28. The lowest BCUT2D eigenvalue weighted by Crippen LogP contribution is -2.46. The molecule has 0 unspecified atom stereocenters. The smallest absolute Gasteiger partial charge is 0.329 e. The van der Waals surface area contributed by atoms with Crippen molar-refractivity contribution in [1.29, 1.82) is 5.26 Å². The molecule has 2 heterocycles. The van der Waals surface area contributed by atoms with E-state index in [2.05, 4.69) is 15.6 Å². The average Bonchev–Trinajstić information content (AvgIpc) is 2.63. The number of hydrogen-bond donors (Lipinski definition) is 3. The van der Waals surface area contributed by atoms with Gasteiger partial charge in [-0.25, -0.2) is 9.59 Å². The molecule has 3 N–H and O–H groups in total. The van der Waals surface area contributed by atoms with E-state index in [1.807, 2.05) is 6.07 Å². The van der Waals surface area contributed by atoms with E-state index in [0.29, 0.717) is 17.1 Å². The van der Waals surface area contributed by atoms with Gasteiger partial charge in [0.05, 0.1) is 18.7 Å². The number of nitrogens with zero attached hydrogens (tertiary/aromatic N) is 2. The fourth-order valence-corrected chi connectivity index (χ4v) is 2.75. The maximum absolute atomic E-state index is 12.3. The second kappa shape index (κ2) is 6.64. The zero-order valence-corrected chi connectivity index (χ0v) is 14.0. The number of rotatable bonds is 4. The minimum absolute atomic E-state index is 0.122. The standard InChI is InChI=1S/C16H15N5O5/c1-21-13-11(14(22)20-16(21)24)12(18-15(23)19-13)8-3-4-9(26-6-5-17)10(7-8)25-2/h3-4,7,12H,6H2,1-2H3,(H2,18,19,23)(H,20,22,24)/t12-/m1/s1. The van der Waals surface area contributed by atoms with Gasteiger partial charge in [0.1, 0.15) is 11.9 Å². The molecule has 2 aromatic rings. The van der Waals surface area contributed by atoms with E-state index in [0.717, 1.165) is 4.57 Å². The Balaban J connectivity index is 2.13. The summed E-state index contributed by atoms with van der Waals surface area (Å²) in [7, 11) is 2.88. The van der Waals surface area contributed by atoms with E-state index in [1.54, 1.807) is 18.2 Å². The van der Waals surface area contributed by atoms with Gasteiger partial charge in [-0.1, -0.05) is 6.07 Å². The SMILES string of the molecule is COc1cc([C@H]2NC(=O)Nc3c2c(=O)[nH]c(=O)n3C)ccc1OCC#N. The molecule has 2 amide bonds. The van der Waals surface area contributed by atoms with Crippen molar-refractivity contribution in [2.24, 2.45) is 7.05 Å². The van der Waals surface area contributed by atoms with E-state index in [9.17, 15) is 14.4 Å². The number of aromatic amines is 1. The number of anilines is 1. The van der Waals surface area contributed by atoms with Crippen LogP contribution in [0.5, 0.6) is 11.5 Å². The van der Waals surface area contributed by atoms with E-state index < -0.39 is 23.3 Å². The van der Waals surface area contributed by atoms with E-state index in [-0.39, 0.29) is 18.0 Å². The van der Waals surface area contributed by atoms with Crippen LogP contribution in [0.1, 0.15) is 17.2 Å². The Labute approximate surface area is 147 Å². The number of aromatic nitrogens is 2. The number of ether oxygens (including phenoxy) is 2. The maximum Gasteiger partial charge on any atom is 0.329 e. The van der Waals surface area contributed by atoms with E-state index in [4.69, 9.17) is 14.7 Å². The zero-order chi connectivity index (χ0) is 18.8. The third kappa shape index (κ3) is 2.86. The van der Waals surface area contributed by atoms with Crippen LogP contribution in [-0.2, 0) is 7.05 Å². The Kier molecular flexibility index (Phi) is 4.36.